The van der Waals surface area contributed by atoms with Gasteiger partial charge in [-0.3, -0.25) is 0 Å². The number of carboxylic acid groups (broad SMARTS) is 1. The fourth-order valence-electron chi connectivity index (χ4n) is 1.16. The van der Waals surface area contributed by atoms with Crippen molar-refractivity contribution in [3.63, 3.8) is 0 Å². The summed E-state index contributed by atoms with van der Waals surface area (Å²) < 4.78 is 0. The normalized spacial score (nSPS) is 11.4. The first-order chi connectivity index (χ1) is 6.63. The molecule has 0 aliphatic carbocycles. The number of rotatable bonds is 3. The molecule has 0 fully saturated rings. The van der Waals surface area contributed by atoms with E-state index < -0.39 is 5.97 Å². The Bertz CT molecular complexity index is 347. The lowest BCUT2D eigenvalue weighted by atomic mass is 10.1. The minimum Gasteiger partial charge on any atom is -0.478 e. The maximum absolute atomic E-state index is 10.6. The monoisotopic (exact) mass is 190 g/mol. The summed E-state index contributed by atoms with van der Waals surface area (Å²) in [5.41, 5.74) is 2.55. The second kappa shape index (κ2) is 4.61. The number of aliphatic carboxylic acids is 1. The summed E-state index contributed by atoms with van der Waals surface area (Å²) in [5, 5.41) is 8.68. The van der Waals surface area contributed by atoms with Crippen molar-refractivity contribution < 1.29 is 9.90 Å². The van der Waals surface area contributed by atoms with E-state index in [1.54, 1.807) is 13.0 Å². The Morgan fingerprint density at radius 3 is 2.36 bits per heavy atom. The summed E-state index contributed by atoms with van der Waals surface area (Å²) in [4.78, 5) is 10.6. The van der Waals surface area contributed by atoms with E-state index in [4.69, 9.17) is 5.11 Å². The second-order valence-electron chi connectivity index (χ2n) is 3.23. The van der Waals surface area contributed by atoms with Crippen molar-refractivity contribution in [2.24, 2.45) is 0 Å². The maximum atomic E-state index is 10.6. The highest BCUT2D eigenvalue weighted by molar-refractivity contribution is 5.91. The summed E-state index contributed by atoms with van der Waals surface area (Å²) in [7, 11) is 0. The number of aryl methyl sites for hydroxylation is 1. The van der Waals surface area contributed by atoms with Crippen LogP contribution in [0.2, 0.25) is 0 Å². The van der Waals surface area contributed by atoms with Crippen LogP contribution in [-0.2, 0) is 11.2 Å². The van der Waals surface area contributed by atoms with E-state index in [-0.39, 0.29) is 0 Å². The molecule has 2 nitrogen and oxygen atoms in total. The van der Waals surface area contributed by atoms with E-state index in [2.05, 4.69) is 6.92 Å². The first kappa shape index (κ1) is 10.5. The van der Waals surface area contributed by atoms with Crippen molar-refractivity contribution in [3.8, 4) is 0 Å². The van der Waals surface area contributed by atoms with Gasteiger partial charge in [-0.05, 0) is 30.5 Å². The SMILES string of the molecule is CCc1ccc(/C=C(/C)C(=O)O)cc1. The van der Waals surface area contributed by atoms with Gasteiger partial charge in [-0.25, -0.2) is 4.79 Å². The number of carboxylic acids is 1. The van der Waals surface area contributed by atoms with Crippen LogP contribution in [0.15, 0.2) is 29.8 Å². The van der Waals surface area contributed by atoms with Crippen LogP contribution in [0.4, 0.5) is 0 Å². The van der Waals surface area contributed by atoms with Crippen LogP contribution >= 0.6 is 0 Å². The average molecular weight is 190 g/mol. The number of hydrogen-bond donors (Lipinski definition) is 1. The van der Waals surface area contributed by atoms with E-state index in [1.807, 2.05) is 24.3 Å². The quantitative estimate of drug-likeness (QED) is 0.744. The Kier molecular flexibility index (Phi) is 3.46. The average Bonchev–Trinajstić information content (AvgIpc) is 2.19. The van der Waals surface area contributed by atoms with E-state index in [0.717, 1.165) is 12.0 Å². The maximum Gasteiger partial charge on any atom is 0.331 e. The van der Waals surface area contributed by atoms with E-state index >= 15 is 0 Å². The summed E-state index contributed by atoms with van der Waals surface area (Å²) >= 11 is 0. The molecule has 0 atom stereocenters. The highest BCUT2D eigenvalue weighted by atomic mass is 16.4. The van der Waals surface area contributed by atoms with Crippen LogP contribution in [0.3, 0.4) is 0 Å². The molecule has 1 aromatic carbocycles. The van der Waals surface area contributed by atoms with Crippen LogP contribution in [-0.4, -0.2) is 11.1 Å². The largest absolute Gasteiger partial charge is 0.478 e. The molecule has 0 radical (unpaired) electrons. The molecule has 0 unspecified atom stereocenters. The molecular formula is C12H14O2. The van der Waals surface area contributed by atoms with Crippen LogP contribution in [0.1, 0.15) is 25.0 Å². The van der Waals surface area contributed by atoms with Crippen LogP contribution in [0.5, 0.6) is 0 Å². The van der Waals surface area contributed by atoms with Gasteiger partial charge in [0.1, 0.15) is 0 Å². The molecule has 0 aromatic heterocycles. The molecule has 14 heavy (non-hydrogen) atoms. The van der Waals surface area contributed by atoms with Crippen molar-refractivity contribution in [1.29, 1.82) is 0 Å². The second-order valence-corrected chi connectivity index (χ2v) is 3.23. The molecule has 0 saturated carbocycles. The fraction of sp³-hybridized carbons (Fsp3) is 0.250. The van der Waals surface area contributed by atoms with Gasteiger partial charge < -0.3 is 5.11 Å². The van der Waals surface area contributed by atoms with Gasteiger partial charge >= 0.3 is 5.97 Å². The molecule has 0 saturated heterocycles. The van der Waals surface area contributed by atoms with Gasteiger partial charge in [-0.2, -0.15) is 0 Å². The minimum atomic E-state index is -0.871. The van der Waals surface area contributed by atoms with E-state index in [1.165, 1.54) is 5.56 Å². The van der Waals surface area contributed by atoms with Crippen molar-refractivity contribution in [2.45, 2.75) is 20.3 Å². The Hall–Kier alpha value is -1.57. The van der Waals surface area contributed by atoms with Gasteiger partial charge in [-0.1, -0.05) is 31.2 Å². The zero-order chi connectivity index (χ0) is 10.6. The molecular weight excluding hydrogens is 176 g/mol. The number of hydrogen-bond acceptors (Lipinski definition) is 1. The van der Waals surface area contributed by atoms with Crippen molar-refractivity contribution >= 4 is 12.0 Å². The molecule has 0 aliphatic rings. The van der Waals surface area contributed by atoms with Crippen LogP contribution in [0, 0.1) is 0 Å². The van der Waals surface area contributed by atoms with Crippen molar-refractivity contribution in [1.82, 2.24) is 0 Å². The lowest BCUT2D eigenvalue weighted by Gasteiger charge is -1.98. The third kappa shape index (κ3) is 2.73. The predicted octanol–water partition coefficient (Wildman–Crippen LogP) is 2.74. The van der Waals surface area contributed by atoms with Gasteiger partial charge in [0.2, 0.25) is 0 Å². The molecule has 0 aliphatic heterocycles. The van der Waals surface area contributed by atoms with Crippen LogP contribution < -0.4 is 0 Å². The molecule has 0 spiro atoms. The molecule has 0 heterocycles. The standard InChI is InChI=1S/C12H14O2/c1-3-10-4-6-11(7-5-10)8-9(2)12(13)14/h4-8H,3H2,1-2H3,(H,13,14)/b9-8-. The number of benzene rings is 1. The Morgan fingerprint density at radius 2 is 1.93 bits per heavy atom. The van der Waals surface area contributed by atoms with Crippen LogP contribution in [0.25, 0.3) is 6.08 Å². The van der Waals surface area contributed by atoms with Gasteiger partial charge in [-0.15, -0.1) is 0 Å². The van der Waals surface area contributed by atoms with E-state index in [0.29, 0.717) is 5.57 Å². The Morgan fingerprint density at radius 1 is 1.36 bits per heavy atom. The molecule has 2 heteroatoms. The third-order valence-corrected chi connectivity index (χ3v) is 2.11. The van der Waals surface area contributed by atoms with Gasteiger partial charge in [0.05, 0.1) is 0 Å². The lowest BCUT2D eigenvalue weighted by Crippen LogP contribution is -1.95. The summed E-state index contributed by atoms with van der Waals surface area (Å²) in [5.74, 6) is -0.871. The topological polar surface area (TPSA) is 37.3 Å². The first-order valence-electron chi connectivity index (χ1n) is 4.64. The molecule has 0 bridgehead atoms. The molecule has 1 aromatic rings. The summed E-state index contributed by atoms with van der Waals surface area (Å²) in [6, 6.07) is 7.90. The fourth-order valence-corrected chi connectivity index (χ4v) is 1.16. The molecule has 0 amide bonds. The zero-order valence-electron chi connectivity index (χ0n) is 8.45. The highest BCUT2D eigenvalue weighted by Crippen LogP contribution is 2.09. The van der Waals surface area contributed by atoms with Gasteiger partial charge in [0.15, 0.2) is 0 Å². The van der Waals surface area contributed by atoms with Crippen molar-refractivity contribution in [2.75, 3.05) is 0 Å². The highest BCUT2D eigenvalue weighted by Gasteiger charge is 1.99. The summed E-state index contributed by atoms with van der Waals surface area (Å²) in [6.07, 6.45) is 2.67. The smallest absolute Gasteiger partial charge is 0.331 e. The minimum absolute atomic E-state index is 0.356. The molecule has 1 rings (SSSR count). The predicted molar refractivity (Wildman–Crippen MR) is 57.1 cm³/mol. The third-order valence-electron chi connectivity index (χ3n) is 2.11. The molecule has 74 valence electrons. The zero-order valence-corrected chi connectivity index (χ0v) is 8.45. The Balaban J connectivity index is 2.88. The lowest BCUT2D eigenvalue weighted by molar-refractivity contribution is -0.132. The van der Waals surface area contributed by atoms with E-state index in [9.17, 15) is 4.79 Å². The first-order valence-corrected chi connectivity index (χ1v) is 4.64. The number of carbonyl (C=O) groups is 1. The Labute approximate surface area is 83.9 Å². The van der Waals surface area contributed by atoms with Gasteiger partial charge in [0.25, 0.3) is 0 Å². The summed E-state index contributed by atoms with van der Waals surface area (Å²) in [6.45, 7) is 3.68. The molecule has 1 N–H and O–H groups in total. The van der Waals surface area contributed by atoms with Gasteiger partial charge in [0, 0.05) is 5.57 Å². The van der Waals surface area contributed by atoms with Crippen molar-refractivity contribution in [3.05, 3.63) is 41.0 Å².